The minimum atomic E-state index is -0.192. The van der Waals surface area contributed by atoms with Crippen molar-refractivity contribution in [2.75, 3.05) is 7.11 Å². The number of nitrogens with one attached hydrogen (secondary N) is 1. The van der Waals surface area contributed by atoms with Gasteiger partial charge >= 0.3 is 0 Å². The first-order valence-electron chi connectivity index (χ1n) is 7.26. The molecule has 0 radical (unpaired) electrons. The van der Waals surface area contributed by atoms with Gasteiger partial charge in [0, 0.05) is 24.2 Å². The topological polar surface area (TPSA) is 21.3 Å². The summed E-state index contributed by atoms with van der Waals surface area (Å²) < 4.78 is 18.8. The summed E-state index contributed by atoms with van der Waals surface area (Å²) in [6, 6.07) is 5.52. The van der Waals surface area contributed by atoms with Gasteiger partial charge in [0.1, 0.15) is 11.6 Å². The summed E-state index contributed by atoms with van der Waals surface area (Å²) in [6.07, 6.45) is 6.66. The van der Waals surface area contributed by atoms with E-state index in [2.05, 4.69) is 12.2 Å². The van der Waals surface area contributed by atoms with E-state index in [1.54, 1.807) is 13.2 Å². The number of hydrogen-bond acceptors (Lipinski definition) is 2. The van der Waals surface area contributed by atoms with E-state index < -0.39 is 0 Å². The van der Waals surface area contributed by atoms with Crippen LogP contribution in [0.4, 0.5) is 4.39 Å². The van der Waals surface area contributed by atoms with Crippen LogP contribution in [0, 0.1) is 11.7 Å². The molecule has 19 heavy (non-hydrogen) atoms. The highest BCUT2D eigenvalue weighted by atomic mass is 19.1. The van der Waals surface area contributed by atoms with Gasteiger partial charge in [0.2, 0.25) is 0 Å². The molecule has 1 fully saturated rings. The number of rotatable bonds is 5. The minimum Gasteiger partial charge on any atom is -0.497 e. The third-order valence-corrected chi connectivity index (χ3v) is 4.23. The molecule has 1 saturated carbocycles. The normalized spacial score (nSPS) is 18.3. The lowest BCUT2D eigenvalue weighted by molar-refractivity contribution is 0.280. The van der Waals surface area contributed by atoms with Crippen molar-refractivity contribution in [1.82, 2.24) is 5.32 Å². The Labute approximate surface area is 115 Å². The Hall–Kier alpha value is -1.09. The molecule has 0 heterocycles. The summed E-state index contributed by atoms with van der Waals surface area (Å²) >= 11 is 0. The van der Waals surface area contributed by atoms with Crippen LogP contribution in [0.25, 0.3) is 0 Å². The van der Waals surface area contributed by atoms with Crippen molar-refractivity contribution in [1.29, 1.82) is 0 Å². The van der Waals surface area contributed by atoms with Gasteiger partial charge in [-0.2, -0.15) is 0 Å². The molecule has 1 atom stereocenters. The summed E-state index contributed by atoms with van der Waals surface area (Å²) in [7, 11) is 1.55. The standard InChI is InChI=1S/C16H24FNO/c1-12(13-6-4-3-5-7-13)18-11-14-8-9-15(19-2)10-16(14)17/h8-10,12-13,18H,3-7,11H2,1-2H3/t12-/m0/s1. The van der Waals surface area contributed by atoms with E-state index >= 15 is 0 Å². The van der Waals surface area contributed by atoms with Crippen LogP contribution in [-0.2, 0) is 6.54 Å². The van der Waals surface area contributed by atoms with Crippen LogP contribution in [0.3, 0.4) is 0 Å². The first kappa shape index (κ1) is 14.3. The van der Waals surface area contributed by atoms with Gasteiger partial charge in [-0.05, 0) is 31.7 Å². The SMILES string of the molecule is COc1ccc(CN[C@@H](C)C2CCCCC2)c(F)c1. The summed E-state index contributed by atoms with van der Waals surface area (Å²) in [6.45, 7) is 2.81. The van der Waals surface area contributed by atoms with Crippen LogP contribution < -0.4 is 10.1 Å². The predicted octanol–water partition coefficient (Wildman–Crippen LogP) is 3.89. The molecule has 0 amide bonds. The predicted molar refractivity (Wildman–Crippen MR) is 75.8 cm³/mol. The van der Waals surface area contributed by atoms with E-state index in [0.717, 1.165) is 5.92 Å². The zero-order chi connectivity index (χ0) is 13.7. The number of methoxy groups -OCH3 is 1. The fourth-order valence-electron chi connectivity index (χ4n) is 2.87. The van der Waals surface area contributed by atoms with E-state index in [9.17, 15) is 4.39 Å². The quantitative estimate of drug-likeness (QED) is 0.872. The Morgan fingerprint density at radius 1 is 1.32 bits per heavy atom. The second kappa shape index (κ2) is 6.90. The van der Waals surface area contributed by atoms with Crippen molar-refractivity contribution < 1.29 is 9.13 Å². The highest BCUT2D eigenvalue weighted by Gasteiger charge is 2.19. The monoisotopic (exact) mass is 265 g/mol. The maximum Gasteiger partial charge on any atom is 0.131 e. The van der Waals surface area contributed by atoms with Crippen molar-refractivity contribution >= 4 is 0 Å². The molecule has 106 valence electrons. The Balaban J connectivity index is 1.87. The lowest BCUT2D eigenvalue weighted by atomic mass is 9.84. The molecule has 3 heteroatoms. The molecular formula is C16H24FNO. The highest BCUT2D eigenvalue weighted by molar-refractivity contribution is 5.28. The van der Waals surface area contributed by atoms with Crippen LogP contribution in [0.15, 0.2) is 18.2 Å². The average Bonchev–Trinajstić information content (AvgIpc) is 2.46. The Kier molecular flexibility index (Phi) is 5.20. The van der Waals surface area contributed by atoms with E-state index in [1.807, 2.05) is 6.07 Å². The lowest BCUT2D eigenvalue weighted by Crippen LogP contribution is -2.34. The van der Waals surface area contributed by atoms with Gasteiger partial charge in [-0.25, -0.2) is 4.39 Å². The molecule has 1 N–H and O–H groups in total. The van der Waals surface area contributed by atoms with Gasteiger partial charge in [0.15, 0.2) is 0 Å². The first-order valence-corrected chi connectivity index (χ1v) is 7.26. The zero-order valence-corrected chi connectivity index (χ0v) is 11.9. The molecule has 0 saturated heterocycles. The van der Waals surface area contributed by atoms with Crippen molar-refractivity contribution in [2.45, 2.75) is 51.6 Å². The Bertz CT molecular complexity index is 402. The fourth-order valence-corrected chi connectivity index (χ4v) is 2.87. The molecule has 2 rings (SSSR count). The van der Waals surface area contributed by atoms with Crippen LogP contribution in [-0.4, -0.2) is 13.2 Å². The zero-order valence-electron chi connectivity index (χ0n) is 11.9. The van der Waals surface area contributed by atoms with Crippen LogP contribution >= 0.6 is 0 Å². The minimum absolute atomic E-state index is 0.192. The van der Waals surface area contributed by atoms with Gasteiger partial charge in [0.25, 0.3) is 0 Å². The molecule has 0 spiro atoms. The van der Waals surface area contributed by atoms with Gasteiger partial charge in [-0.1, -0.05) is 25.3 Å². The van der Waals surface area contributed by atoms with E-state index in [-0.39, 0.29) is 5.82 Å². The van der Waals surface area contributed by atoms with Crippen molar-refractivity contribution in [3.05, 3.63) is 29.6 Å². The first-order chi connectivity index (χ1) is 9.20. The molecule has 1 aliphatic rings. The van der Waals surface area contributed by atoms with E-state index in [0.29, 0.717) is 23.9 Å². The maximum absolute atomic E-state index is 13.8. The molecule has 0 aromatic heterocycles. The third-order valence-electron chi connectivity index (χ3n) is 4.23. The second-order valence-electron chi connectivity index (χ2n) is 5.53. The van der Waals surface area contributed by atoms with Gasteiger partial charge in [-0.3, -0.25) is 0 Å². The molecule has 0 unspecified atom stereocenters. The lowest BCUT2D eigenvalue weighted by Gasteiger charge is -2.28. The van der Waals surface area contributed by atoms with E-state index in [1.165, 1.54) is 38.2 Å². The molecular weight excluding hydrogens is 241 g/mol. The van der Waals surface area contributed by atoms with Crippen molar-refractivity contribution in [3.63, 3.8) is 0 Å². The number of benzene rings is 1. The van der Waals surface area contributed by atoms with Crippen LogP contribution in [0.1, 0.15) is 44.6 Å². The average molecular weight is 265 g/mol. The molecule has 2 nitrogen and oxygen atoms in total. The van der Waals surface area contributed by atoms with Crippen molar-refractivity contribution in [3.8, 4) is 5.75 Å². The molecule has 0 aliphatic heterocycles. The van der Waals surface area contributed by atoms with Gasteiger partial charge in [-0.15, -0.1) is 0 Å². The largest absolute Gasteiger partial charge is 0.497 e. The number of hydrogen-bond donors (Lipinski definition) is 1. The smallest absolute Gasteiger partial charge is 0.131 e. The van der Waals surface area contributed by atoms with E-state index in [4.69, 9.17) is 4.74 Å². The third kappa shape index (κ3) is 3.93. The fraction of sp³-hybridized carbons (Fsp3) is 0.625. The molecule has 0 bridgehead atoms. The number of ether oxygens (including phenoxy) is 1. The summed E-state index contributed by atoms with van der Waals surface area (Å²) in [5.74, 6) is 1.12. The highest BCUT2D eigenvalue weighted by Crippen LogP contribution is 2.26. The molecule has 1 aromatic carbocycles. The number of halogens is 1. The molecule has 1 aromatic rings. The summed E-state index contributed by atoms with van der Waals surface area (Å²) in [5.41, 5.74) is 0.712. The summed E-state index contributed by atoms with van der Waals surface area (Å²) in [4.78, 5) is 0. The van der Waals surface area contributed by atoms with Crippen LogP contribution in [0.2, 0.25) is 0 Å². The maximum atomic E-state index is 13.8. The van der Waals surface area contributed by atoms with Gasteiger partial charge in [0.05, 0.1) is 7.11 Å². The van der Waals surface area contributed by atoms with Crippen LogP contribution in [0.5, 0.6) is 5.75 Å². The summed E-state index contributed by atoms with van der Waals surface area (Å²) in [5, 5.41) is 3.47. The molecule has 1 aliphatic carbocycles. The van der Waals surface area contributed by atoms with Crippen molar-refractivity contribution in [2.24, 2.45) is 5.92 Å². The Morgan fingerprint density at radius 2 is 2.05 bits per heavy atom. The Morgan fingerprint density at radius 3 is 2.68 bits per heavy atom. The second-order valence-corrected chi connectivity index (χ2v) is 5.53. The van der Waals surface area contributed by atoms with Gasteiger partial charge < -0.3 is 10.1 Å².